The summed E-state index contributed by atoms with van der Waals surface area (Å²) in [6, 6.07) is 38.3. The van der Waals surface area contributed by atoms with Gasteiger partial charge < -0.3 is 0 Å². The van der Waals surface area contributed by atoms with E-state index in [0.29, 0.717) is 0 Å². The molecule has 2 atom stereocenters. The molecule has 0 saturated heterocycles. The molecule has 0 radical (unpaired) electrons. The van der Waals surface area contributed by atoms with Crippen LogP contribution >= 0.6 is 17.3 Å². The number of benzene rings is 4. The minimum Gasteiger partial charge on any atom is -0.250 e. The summed E-state index contributed by atoms with van der Waals surface area (Å²) in [5.41, 5.74) is 4.74. The third kappa shape index (κ3) is 5.73. The van der Waals surface area contributed by atoms with E-state index in [0.717, 1.165) is 11.6 Å². The first-order valence-corrected chi connectivity index (χ1v) is 13.5. The molecule has 1 unspecified atom stereocenters. The SMILES string of the molecule is Cc1cccc(C)c1/[N+](=C(\Nc1ccccc1)NP(c1ccccc1)c1ccccc1)[C@@H](C)P. The van der Waals surface area contributed by atoms with Gasteiger partial charge in [-0.2, -0.15) is 0 Å². The molecule has 0 amide bonds. The number of para-hydroxylation sites is 2. The summed E-state index contributed by atoms with van der Waals surface area (Å²) in [5.74, 6) is 1.12. The van der Waals surface area contributed by atoms with Crippen LogP contribution in [-0.2, 0) is 0 Å². The molecular weight excluding hydrogens is 452 g/mol. The third-order valence-corrected chi connectivity index (χ3v) is 7.97. The van der Waals surface area contributed by atoms with Gasteiger partial charge in [-0.15, -0.1) is 0 Å². The van der Waals surface area contributed by atoms with Crippen LogP contribution in [-0.4, -0.2) is 16.3 Å². The molecule has 4 aromatic carbocycles. The Morgan fingerprint density at radius 1 is 0.706 bits per heavy atom. The molecule has 3 nitrogen and oxygen atoms in total. The Labute approximate surface area is 207 Å². The van der Waals surface area contributed by atoms with Crippen LogP contribution in [0.2, 0.25) is 0 Å². The Hall–Kier alpha value is -2.99. The van der Waals surface area contributed by atoms with Crippen LogP contribution < -0.4 is 21.0 Å². The van der Waals surface area contributed by atoms with Gasteiger partial charge in [-0.3, -0.25) is 0 Å². The van der Waals surface area contributed by atoms with E-state index in [9.17, 15) is 0 Å². The summed E-state index contributed by atoms with van der Waals surface area (Å²) in [4.78, 5) is 0. The van der Waals surface area contributed by atoms with Gasteiger partial charge in [0.15, 0.2) is 0 Å². The van der Waals surface area contributed by atoms with E-state index >= 15 is 0 Å². The van der Waals surface area contributed by atoms with Crippen molar-refractivity contribution in [3.63, 3.8) is 0 Å². The highest BCUT2D eigenvalue weighted by atomic mass is 31.1. The Bertz CT molecular complexity index is 1180. The number of hydrogen-bond donors (Lipinski definition) is 2. The van der Waals surface area contributed by atoms with E-state index in [1.54, 1.807) is 0 Å². The van der Waals surface area contributed by atoms with Gasteiger partial charge in [0.2, 0.25) is 0 Å². The molecule has 0 heterocycles. The Morgan fingerprint density at radius 3 is 1.65 bits per heavy atom. The summed E-state index contributed by atoms with van der Waals surface area (Å²) in [5, 5.41) is 10.2. The van der Waals surface area contributed by atoms with Crippen molar-refractivity contribution in [3.8, 4) is 0 Å². The van der Waals surface area contributed by atoms with Crippen LogP contribution in [0.4, 0.5) is 11.4 Å². The van der Waals surface area contributed by atoms with Crippen molar-refractivity contribution in [2.24, 2.45) is 0 Å². The van der Waals surface area contributed by atoms with E-state index in [4.69, 9.17) is 0 Å². The van der Waals surface area contributed by atoms with Gasteiger partial charge in [-0.25, -0.2) is 15.0 Å². The van der Waals surface area contributed by atoms with Crippen molar-refractivity contribution in [2.75, 3.05) is 5.32 Å². The Kier molecular flexibility index (Phi) is 8.12. The number of hydrogen-bond acceptors (Lipinski definition) is 0. The van der Waals surface area contributed by atoms with Crippen LogP contribution in [0.25, 0.3) is 0 Å². The fraction of sp³-hybridized carbons (Fsp3) is 0.138. The number of nitrogens with one attached hydrogen (secondary N) is 2. The number of aryl methyl sites for hydroxylation is 2. The lowest BCUT2D eigenvalue weighted by atomic mass is 10.1. The predicted molar refractivity (Wildman–Crippen MR) is 152 cm³/mol. The zero-order valence-corrected chi connectivity index (χ0v) is 22.0. The zero-order chi connectivity index (χ0) is 23.9. The third-order valence-electron chi connectivity index (χ3n) is 5.61. The van der Waals surface area contributed by atoms with E-state index in [-0.39, 0.29) is 5.78 Å². The topological polar surface area (TPSA) is 27.1 Å². The minimum atomic E-state index is -0.854. The second-order valence-corrected chi connectivity index (χ2v) is 11.2. The highest BCUT2D eigenvalue weighted by Gasteiger charge is 2.27. The summed E-state index contributed by atoms with van der Waals surface area (Å²) in [6.45, 7) is 6.57. The van der Waals surface area contributed by atoms with Gasteiger partial charge in [0.05, 0.1) is 11.5 Å². The Balaban J connectivity index is 1.91. The number of anilines is 1. The molecule has 0 fully saturated rings. The Morgan fingerprint density at radius 2 is 1.18 bits per heavy atom. The average molecular weight is 485 g/mol. The van der Waals surface area contributed by atoms with Crippen LogP contribution in [0.3, 0.4) is 0 Å². The van der Waals surface area contributed by atoms with E-state index in [1.807, 2.05) is 6.07 Å². The van der Waals surface area contributed by atoms with Crippen molar-refractivity contribution < 1.29 is 4.58 Å². The number of nitrogens with zero attached hydrogens (tertiary/aromatic N) is 1. The lowest BCUT2D eigenvalue weighted by molar-refractivity contribution is -0.455. The highest BCUT2D eigenvalue weighted by Crippen LogP contribution is 2.31. The van der Waals surface area contributed by atoms with Crippen molar-refractivity contribution >= 4 is 45.3 Å². The van der Waals surface area contributed by atoms with Gasteiger partial charge in [-0.05, 0) is 44.0 Å². The first-order valence-electron chi connectivity index (χ1n) is 11.5. The van der Waals surface area contributed by atoms with Crippen molar-refractivity contribution in [1.29, 1.82) is 0 Å². The van der Waals surface area contributed by atoms with Crippen molar-refractivity contribution in [3.05, 3.63) is 120 Å². The van der Waals surface area contributed by atoms with Crippen molar-refractivity contribution in [1.82, 2.24) is 5.09 Å². The second-order valence-electron chi connectivity index (χ2n) is 8.31. The molecule has 0 bridgehead atoms. The smallest absolute Gasteiger partial charge is 0.250 e. The van der Waals surface area contributed by atoms with Crippen LogP contribution in [0.5, 0.6) is 0 Å². The molecule has 4 aromatic rings. The molecule has 4 rings (SSSR count). The number of guanidine groups is 1. The quantitative estimate of drug-likeness (QED) is 0.146. The van der Waals surface area contributed by atoms with Gasteiger partial charge in [0, 0.05) is 10.6 Å². The molecule has 34 heavy (non-hydrogen) atoms. The van der Waals surface area contributed by atoms with E-state index in [1.165, 1.54) is 27.4 Å². The zero-order valence-electron chi connectivity index (χ0n) is 19.9. The summed E-state index contributed by atoms with van der Waals surface area (Å²) >= 11 is 0. The van der Waals surface area contributed by atoms with Gasteiger partial charge in [0.25, 0.3) is 0 Å². The first-order chi connectivity index (χ1) is 16.5. The van der Waals surface area contributed by atoms with Crippen LogP contribution in [0.1, 0.15) is 18.1 Å². The van der Waals surface area contributed by atoms with Gasteiger partial charge in [-0.1, -0.05) is 106 Å². The second kappa shape index (κ2) is 11.4. The van der Waals surface area contributed by atoms with Crippen molar-refractivity contribution in [2.45, 2.75) is 26.6 Å². The monoisotopic (exact) mass is 484 g/mol. The van der Waals surface area contributed by atoms with E-state index in [2.05, 4.69) is 148 Å². The van der Waals surface area contributed by atoms with E-state index < -0.39 is 8.07 Å². The molecule has 0 saturated carbocycles. The lowest BCUT2D eigenvalue weighted by Crippen LogP contribution is -2.41. The fourth-order valence-electron chi connectivity index (χ4n) is 4.04. The normalized spacial score (nSPS) is 12.7. The molecule has 0 spiro atoms. The molecule has 172 valence electrons. The van der Waals surface area contributed by atoms with Crippen LogP contribution in [0.15, 0.2) is 109 Å². The largest absolute Gasteiger partial charge is 0.359 e. The maximum Gasteiger partial charge on any atom is 0.359 e. The summed E-state index contributed by atoms with van der Waals surface area (Å²) in [6.07, 6.45) is 0. The first kappa shape index (κ1) is 24.1. The molecular formula is C29H32N3P2+. The molecule has 0 aliphatic rings. The molecule has 0 aliphatic carbocycles. The molecule has 2 N–H and O–H groups in total. The standard InChI is InChI=1S/C29H31N3P2/c1-22-14-13-15-23(2)28(22)32(24(3)33)29(30-25-16-7-4-8-17-25)31-34(26-18-9-5-10-19-26)27-20-11-6-12-21-27/h4-21,24H,33H2,1-3H3,(H,30,31)/p+1/t24-/m1/s1. The number of rotatable bonds is 6. The highest BCUT2D eigenvalue weighted by molar-refractivity contribution is 7.71. The average Bonchev–Trinajstić information content (AvgIpc) is 2.86. The molecule has 0 aliphatic heterocycles. The summed E-state index contributed by atoms with van der Waals surface area (Å²) in [7, 11) is 2.12. The van der Waals surface area contributed by atoms with Gasteiger partial charge >= 0.3 is 5.96 Å². The maximum atomic E-state index is 3.95. The van der Waals surface area contributed by atoms with Crippen LogP contribution in [0, 0.1) is 13.8 Å². The minimum absolute atomic E-state index is 0.155. The van der Waals surface area contributed by atoms with Gasteiger partial charge in [0.1, 0.15) is 13.8 Å². The lowest BCUT2D eigenvalue weighted by Gasteiger charge is -2.24. The fourth-order valence-corrected chi connectivity index (χ4v) is 6.21. The maximum absolute atomic E-state index is 3.95. The molecule has 5 heteroatoms. The predicted octanol–water partition coefficient (Wildman–Crippen LogP) is 6.27. The molecule has 0 aromatic heterocycles. The summed E-state index contributed by atoms with van der Waals surface area (Å²) < 4.78 is 2.36.